The predicted octanol–water partition coefficient (Wildman–Crippen LogP) is 0.518. The molecule has 0 aliphatic rings. The largest absolute Gasteiger partial charge is 0.396 e. The highest BCUT2D eigenvalue weighted by Gasteiger charge is 2.04. The van der Waals surface area contributed by atoms with Gasteiger partial charge in [0, 0.05) is 5.75 Å². The van der Waals surface area contributed by atoms with Crippen molar-refractivity contribution in [1.82, 2.24) is 0 Å². The van der Waals surface area contributed by atoms with E-state index in [1.165, 1.54) is 11.8 Å². The van der Waals surface area contributed by atoms with E-state index in [9.17, 15) is 0 Å². The second-order valence-corrected chi connectivity index (χ2v) is 2.88. The number of nitriles is 2. The molecule has 0 aromatic rings. The zero-order valence-corrected chi connectivity index (χ0v) is 6.27. The Morgan fingerprint density at radius 2 is 2.20 bits per heavy atom. The standard InChI is InChI=1S/C6H8N2OS/c7-2-1-6(5-8)10-4-3-9/h6,9H,1,3-4H2. The van der Waals surface area contributed by atoms with Crippen LogP contribution in [0.25, 0.3) is 0 Å². The summed E-state index contributed by atoms with van der Waals surface area (Å²) in [6.45, 7) is 0.0638. The molecule has 0 saturated heterocycles. The average molecular weight is 156 g/mol. The van der Waals surface area contributed by atoms with Crippen molar-refractivity contribution in [3.63, 3.8) is 0 Å². The molecule has 0 aromatic heterocycles. The van der Waals surface area contributed by atoms with Gasteiger partial charge >= 0.3 is 0 Å². The second-order valence-electron chi connectivity index (χ2n) is 1.57. The van der Waals surface area contributed by atoms with Gasteiger partial charge in [0.2, 0.25) is 0 Å². The molecule has 0 aliphatic carbocycles. The molecular weight excluding hydrogens is 148 g/mol. The summed E-state index contributed by atoms with van der Waals surface area (Å²) in [6.07, 6.45) is 0.237. The highest BCUT2D eigenvalue weighted by Crippen LogP contribution is 2.11. The Bertz CT molecular complexity index is 158. The first-order valence-corrected chi connectivity index (χ1v) is 3.89. The van der Waals surface area contributed by atoms with Crippen molar-refractivity contribution in [2.24, 2.45) is 0 Å². The van der Waals surface area contributed by atoms with E-state index in [1.54, 1.807) is 0 Å². The zero-order valence-electron chi connectivity index (χ0n) is 5.45. The van der Waals surface area contributed by atoms with Crippen LogP contribution in [-0.4, -0.2) is 22.7 Å². The number of hydrogen-bond acceptors (Lipinski definition) is 4. The minimum absolute atomic E-state index is 0.0638. The fourth-order valence-electron chi connectivity index (χ4n) is 0.420. The van der Waals surface area contributed by atoms with Gasteiger partial charge in [-0.15, -0.1) is 11.8 Å². The van der Waals surface area contributed by atoms with Gasteiger partial charge in [-0.25, -0.2) is 0 Å². The predicted molar refractivity (Wildman–Crippen MR) is 39.2 cm³/mol. The van der Waals surface area contributed by atoms with Crippen LogP contribution in [0, 0.1) is 22.7 Å². The van der Waals surface area contributed by atoms with Crippen LogP contribution in [0.15, 0.2) is 0 Å². The van der Waals surface area contributed by atoms with Crippen LogP contribution in [0.2, 0.25) is 0 Å². The molecule has 0 spiro atoms. The van der Waals surface area contributed by atoms with Crippen LogP contribution in [0.4, 0.5) is 0 Å². The fraction of sp³-hybridized carbons (Fsp3) is 0.667. The van der Waals surface area contributed by atoms with Gasteiger partial charge in [0.1, 0.15) is 5.25 Å². The van der Waals surface area contributed by atoms with Gasteiger partial charge in [0.25, 0.3) is 0 Å². The van der Waals surface area contributed by atoms with E-state index < -0.39 is 0 Å². The lowest BCUT2D eigenvalue weighted by molar-refractivity contribution is 0.322. The summed E-state index contributed by atoms with van der Waals surface area (Å²) in [5, 5.41) is 24.7. The van der Waals surface area contributed by atoms with Crippen LogP contribution < -0.4 is 0 Å². The molecular formula is C6H8N2OS. The van der Waals surface area contributed by atoms with Crippen LogP contribution in [0.3, 0.4) is 0 Å². The third-order valence-electron chi connectivity index (χ3n) is 0.831. The maximum absolute atomic E-state index is 8.38. The number of hydrogen-bond donors (Lipinski definition) is 1. The van der Waals surface area contributed by atoms with Gasteiger partial charge in [-0.3, -0.25) is 0 Å². The Hall–Kier alpha value is -0.710. The number of aliphatic hydroxyl groups is 1. The van der Waals surface area contributed by atoms with Gasteiger partial charge in [-0.05, 0) is 0 Å². The Morgan fingerprint density at radius 3 is 2.60 bits per heavy atom. The van der Waals surface area contributed by atoms with E-state index in [2.05, 4.69) is 0 Å². The summed E-state index contributed by atoms with van der Waals surface area (Å²) in [5.41, 5.74) is 0. The smallest absolute Gasteiger partial charge is 0.105 e. The quantitative estimate of drug-likeness (QED) is 0.644. The van der Waals surface area contributed by atoms with Gasteiger partial charge in [-0.2, -0.15) is 10.5 Å². The van der Waals surface area contributed by atoms with Crippen LogP contribution in [0.5, 0.6) is 0 Å². The molecule has 10 heavy (non-hydrogen) atoms. The molecule has 0 aromatic carbocycles. The second kappa shape index (κ2) is 6.41. The first kappa shape index (κ1) is 9.29. The summed E-state index contributed by atoms with van der Waals surface area (Å²) in [4.78, 5) is 0. The summed E-state index contributed by atoms with van der Waals surface area (Å²) in [7, 11) is 0. The lowest BCUT2D eigenvalue weighted by atomic mass is 10.4. The lowest BCUT2D eigenvalue weighted by Crippen LogP contribution is -2.00. The minimum Gasteiger partial charge on any atom is -0.396 e. The van der Waals surface area contributed by atoms with Gasteiger partial charge in [-0.1, -0.05) is 0 Å². The Balaban J connectivity index is 3.45. The first-order chi connectivity index (χ1) is 4.85. The molecule has 1 unspecified atom stereocenters. The Kier molecular flexibility index (Phi) is 5.96. The highest BCUT2D eigenvalue weighted by molar-refractivity contribution is 8.00. The van der Waals surface area contributed by atoms with E-state index in [1.807, 2.05) is 12.1 Å². The van der Waals surface area contributed by atoms with Crippen molar-refractivity contribution >= 4 is 11.8 Å². The summed E-state index contributed by atoms with van der Waals surface area (Å²) >= 11 is 1.31. The molecule has 0 saturated carbocycles. The molecule has 0 amide bonds. The molecule has 0 rings (SSSR count). The molecule has 1 atom stereocenters. The fourth-order valence-corrected chi connectivity index (χ4v) is 1.08. The molecule has 1 N–H and O–H groups in total. The summed E-state index contributed by atoms with van der Waals surface area (Å²) in [5.74, 6) is 0.528. The lowest BCUT2D eigenvalue weighted by Gasteiger charge is -1.99. The minimum atomic E-state index is -0.280. The Labute approximate surface area is 64.3 Å². The van der Waals surface area contributed by atoms with E-state index in [0.29, 0.717) is 5.75 Å². The van der Waals surface area contributed by atoms with Crippen LogP contribution >= 0.6 is 11.8 Å². The van der Waals surface area contributed by atoms with Gasteiger partial charge in [0.05, 0.1) is 25.2 Å². The SMILES string of the molecule is N#CCC(C#N)SCCO. The van der Waals surface area contributed by atoms with Crippen LogP contribution in [-0.2, 0) is 0 Å². The molecule has 0 fully saturated rings. The molecule has 54 valence electrons. The molecule has 3 nitrogen and oxygen atoms in total. The normalized spacial score (nSPS) is 11.5. The number of nitrogens with zero attached hydrogens (tertiary/aromatic N) is 2. The van der Waals surface area contributed by atoms with E-state index >= 15 is 0 Å². The summed E-state index contributed by atoms with van der Waals surface area (Å²) in [6, 6.07) is 3.87. The molecule has 0 heterocycles. The number of aliphatic hydroxyl groups excluding tert-OH is 1. The average Bonchev–Trinajstić information content (AvgIpc) is 1.98. The highest BCUT2D eigenvalue weighted by atomic mass is 32.2. The zero-order chi connectivity index (χ0) is 7.82. The third kappa shape index (κ3) is 4.20. The van der Waals surface area contributed by atoms with E-state index in [4.69, 9.17) is 15.6 Å². The van der Waals surface area contributed by atoms with E-state index in [0.717, 1.165) is 0 Å². The first-order valence-electron chi connectivity index (χ1n) is 2.84. The van der Waals surface area contributed by atoms with Crippen molar-refractivity contribution in [2.75, 3.05) is 12.4 Å². The van der Waals surface area contributed by atoms with Gasteiger partial charge < -0.3 is 5.11 Å². The monoisotopic (exact) mass is 156 g/mol. The van der Waals surface area contributed by atoms with Crippen molar-refractivity contribution in [2.45, 2.75) is 11.7 Å². The molecule has 0 radical (unpaired) electrons. The number of thioether (sulfide) groups is 1. The number of rotatable bonds is 4. The van der Waals surface area contributed by atoms with Crippen molar-refractivity contribution in [3.8, 4) is 12.1 Å². The van der Waals surface area contributed by atoms with Crippen LogP contribution in [0.1, 0.15) is 6.42 Å². The van der Waals surface area contributed by atoms with Gasteiger partial charge in [0.15, 0.2) is 0 Å². The summed E-state index contributed by atoms with van der Waals surface area (Å²) < 4.78 is 0. The maximum atomic E-state index is 8.38. The van der Waals surface area contributed by atoms with Crippen molar-refractivity contribution < 1.29 is 5.11 Å². The molecule has 0 bridgehead atoms. The van der Waals surface area contributed by atoms with E-state index in [-0.39, 0.29) is 18.3 Å². The van der Waals surface area contributed by atoms with Crippen molar-refractivity contribution in [1.29, 1.82) is 10.5 Å². The topological polar surface area (TPSA) is 67.8 Å². The maximum Gasteiger partial charge on any atom is 0.105 e. The third-order valence-corrected chi connectivity index (χ3v) is 1.92. The van der Waals surface area contributed by atoms with Crippen molar-refractivity contribution in [3.05, 3.63) is 0 Å². The molecule has 0 aliphatic heterocycles. The molecule has 4 heteroatoms. The Morgan fingerprint density at radius 1 is 1.50 bits per heavy atom.